The van der Waals surface area contributed by atoms with E-state index >= 15 is 0 Å². The maximum absolute atomic E-state index is 13.1. The lowest BCUT2D eigenvalue weighted by Crippen LogP contribution is -2.26. The number of sulfone groups is 1. The summed E-state index contributed by atoms with van der Waals surface area (Å²) in [4.78, 5) is 11.3. The molecule has 0 aliphatic rings. The van der Waals surface area contributed by atoms with Gasteiger partial charge in [0.1, 0.15) is 6.04 Å². The van der Waals surface area contributed by atoms with Crippen LogP contribution in [0.15, 0.2) is 76.5 Å². The summed E-state index contributed by atoms with van der Waals surface area (Å²) in [6, 6.07) is 17.9. The first-order valence-corrected chi connectivity index (χ1v) is 9.20. The molecule has 0 aromatic heterocycles. The number of rotatable bonds is 5. The van der Waals surface area contributed by atoms with E-state index in [-0.39, 0.29) is 15.5 Å². The van der Waals surface area contributed by atoms with Crippen molar-refractivity contribution in [1.29, 1.82) is 0 Å². The first-order chi connectivity index (χ1) is 11.9. The van der Waals surface area contributed by atoms with Crippen molar-refractivity contribution in [1.82, 2.24) is 0 Å². The number of hydrogen-bond donors (Lipinski definition) is 2. The number of benzene rings is 3. The largest absolute Gasteiger partial charge is 0.480 e. The number of carboxylic acid groups (broad SMARTS) is 1. The second kappa shape index (κ2) is 6.57. The molecular formula is C19H17NO4S. The Hall–Kier alpha value is -2.86. The fraction of sp³-hybridized carbons (Fsp3) is 0.105. The molecule has 0 spiro atoms. The van der Waals surface area contributed by atoms with E-state index in [2.05, 4.69) is 5.32 Å². The molecule has 6 heteroatoms. The van der Waals surface area contributed by atoms with E-state index in [1.165, 1.54) is 13.0 Å². The fourth-order valence-corrected chi connectivity index (χ4v) is 4.03. The van der Waals surface area contributed by atoms with Gasteiger partial charge in [-0.25, -0.2) is 8.42 Å². The topological polar surface area (TPSA) is 83.5 Å². The predicted molar refractivity (Wildman–Crippen MR) is 96.6 cm³/mol. The summed E-state index contributed by atoms with van der Waals surface area (Å²) in [5.41, 5.74) is 0.269. The summed E-state index contributed by atoms with van der Waals surface area (Å²) in [5, 5.41) is 13.6. The van der Waals surface area contributed by atoms with Crippen molar-refractivity contribution in [3.8, 4) is 0 Å². The predicted octanol–water partition coefficient (Wildman–Crippen LogP) is 3.56. The third-order valence-electron chi connectivity index (χ3n) is 3.95. The number of carbonyl (C=O) groups is 1. The van der Waals surface area contributed by atoms with E-state index in [9.17, 15) is 13.2 Å². The summed E-state index contributed by atoms with van der Waals surface area (Å²) in [7, 11) is -3.79. The van der Waals surface area contributed by atoms with Gasteiger partial charge in [0.25, 0.3) is 0 Å². The van der Waals surface area contributed by atoms with Crippen LogP contribution in [0.25, 0.3) is 10.8 Å². The molecule has 0 heterocycles. The van der Waals surface area contributed by atoms with Crippen molar-refractivity contribution in [2.75, 3.05) is 5.32 Å². The Bertz CT molecular complexity index is 1040. The number of anilines is 1. The molecule has 3 aromatic rings. The number of aliphatic carboxylic acids is 1. The van der Waals surface area contributed by atoms with Crippen LogP contribution >= 0.6 is 0 Å². The van der Waals surface area contributed by atoms with Gasteiger partial charge in [0, 0.05) is 0 Å². The first-order valence-electron chi connectivity index (χ1n) is 7.72. The van der Waals surface area contributed by atoms with Gasteiger partial charge < -0.3 is 10.4 Å². The van der Waals surface area contributed by atoms with Gasteiger partial charge in [-0.15, -0.1) is 0 Å². The molecule has 0 unspecified atom stereocenters. The second-order valence-electron chi connectivity index (χ2n) is 5.71. The summed E-state index contributed by atoms with van der Waals surface area (Å²) < 4.78 is 26.1. The van der Waals surface area contributed by atoms with Crippen LogP contribution in [-0.4, -0.2) is 25.5 Å². The summed E-state index contributed by atoms with van der Waals surface area (Å²) >= 11 is 0. The smallest absolute Gasteiger partial charge is 0.325 e. The molecule has 128 valence electrons. The van der Waals surface area contributed by atoms with Crippen molar-refractivity contribution in [2.24, 2.45) is 0 Å². The summed E-state index contributed by atoms with van der Waals surface area (Å²) in [6.07, 6.45) is 0. The molecule has 5 nitrogen and oxygen atoms in total. The number of nitrogens with one attached hydrogen (secondary N) is 1. The highest BCUT2D eigenvalue weighted by atomic mass is 32.2. The van der Waals surface area contributed by atoms with E-state index in [1.807, 2.05) is 24.3 Å². The van der Waals surface area contributed by atoms with Gasteiger partial charge >= 0.3 is 5.97 Å². The minimum atomic E-state index is -3.79. The molecule has 1 atom stereocenters. The van der Waals surface area contributed by atoms with E-state index in [0.717, 1.165) is 10.8 Å². The van der Waals surface area contributed by atoms with Gasteiger partial charge in [-0.1, -0.05) is 42.5 Å². The number of carboxylic acids is 1. The minimum absolute atomic E-state index is 0.0541. The highest BCUT2D eigenvalue weighted by Crippen LogP contribution is 2.29. The zero-order valence-corrected chi connectivity index (χ0v) is 14.3. The van der Waals surface area contributed by atoms with Crippen LogP contribution in [0.4, 0.5) is 5.69 Å². The van der Waals surface area contributed by atoms with E-state index < -0.39 is 21.8 Å². The standard InChI is InChI=1S/C19H17NO4S/c1-13(19(21)22)20-17-8-4-5-9-18(17)25(23,24)16-11-10-14-6-2-3-7-15(14)12-16/h2-13,20H,1H3,(H,21,22)/t13-/m0/s1. The highest BCUT2D eigenvalue weighted by molar-refractivity contribution is 7.91. The van der Waals surface area contributed by atoms with E-state index in [0.29, 0.717) is 0 Å². The van der Waals surface area contributed by atoms with Gasteiger partial charge in [-0.2, -0.15) is 0 Å². The van der Waals surface area contributed by atoms with Crippen LogP contribution in [0.1, 0.15) is 6.92 Å². The van der Waals surface area contributed by atoms with Crippen molar-refractivity contribution in [3.63, 3.8) is 0 Å². The molecule has 0 radical (unpaired) electrons. The van der Waals surface area contributed by atoms with Crippen LogP contribution in [0.3, 0.4) is 0 Å². The van der Waals surface area contributed by atoms with Gasteiger partial charge in [0.15, 0.2) is 0 Å². The van der Waals surface area contributed by atoms with Crippen LogP contribution in [-0.2, 0) is 14.6 Å². The molecule has 0 bridgehead atoms. The van der Waals surface area contributed by atoms with Crippen molar-refractivity contribution in [2.45, 2.75) is 22.8 Å². The Morgan fingerprint density at radius 1 is 0.960 bits per heavy atom. The van der Waals surface area contributed by atoms with E-state index in [4.69, 9.17) is 5.11 Å². The molecule has 0 aliphatic heterocycles. The van der Waals surface area contributed by atoms with Crippen molar-refractivity contribution in [3.05, 3.63) is 66.7 Å². The molecule has 3 aromatic carbocycles. The van der Waals surface area contributed by atoms with E-state index in [1.54, 1.807) is 36.4 Å². The average molecular weight is 355 g/mol. The average Bonchev–Trinajstić information content (AvgIpc) is 2.61. The third kappa shape index (κ3) is 3.34. The molecule has 0 aliphatic carbocycles. The molecule has 2 N–H and O–H groups in total. The lowest BCUT2D eigenvalue weighted by molar-refractivity contribution is -0.137. The van der Waals surface area contributed by atoms with Crippen molar-refractivity contribution >= 4 is 32.3 Å². The van der Waals surface area contributed by atoms with Crippen LogP contribution in [0.5, 0.6) is 0 Å². The fourth-order valence-electron chi connectivity index (χ4n) is 2.58. The Kier molecular flexibility index (Phi) is 4.46. The van der Waals surface area contributed by atoms with Gasteiger partial charge in [-0.3, -0.25) is 4.79 Å². The quantitative estimate of drug-likeness (QED) is 0.731. The normalized spacial score (nSPS) is 12.7. The number of fused-ring (bicyclic) bond motifs is 1. The Morgan fingerprint density at radius 2 is 1.60 bits per heavy atom. The minimum Gasteiger partial charge on any atom is -0.480 e. The second-order valence-corrected chi connectivity index (χ2v) is 7.63. The van der Waals surface area contributed by atoms with Crippen LogP contribution in [0.2, 0.25) is 0 Å². The number of para-hydroxylation sites is 1. The molecule has 3 rings (SSSR count). The van der Waals surface area contributed by atoms with Gasteiger partial charge in [0.2, 0.25) is 9.84 Å². The molecule has 0 saturated carbocycles. The first kappa shape index (κ1) is 17.0. The molecule has 0 amide bonds. The zero-order valence-electron chi connectivity index (χ0n) is 13.5. The lowest BCUT2D eigenvalue weighted by Gasteiger charge is -2.15. The molecular weight excluding hydrogens is 338 g/mol. The number of hydrogen-bond acceptors (Lipinski definition) is 4. The van der Waals surface area contributed by atoms with Crippen LogP contribution in [0, 0.1) is 0 Å². The highest BCUT2D eigenvalue weighted by Gasteiger charge is 2.23. The maximum Gasteiger partial charge on any atom is 0.325 e. The monoisotopic (exact) mass is 355 g/mol. The van der Waals surface area contributed by atoms with Crippen molar-refractivity contribution < 1.29 is 18.3 Å². The third-order valence-corrected chi connectivity index (χ3v) is 5.76. The zero-order chi connectivity index (χ0) is 18.0. The summed E-state index contributed by atoms with van der Waals surface area (Å²) in [5.74, 6) is -1.06. The SMILES string of the molecule is C[C@H](Nc1ccccc1S(=O)(=O)c1ccc2ccccc2c1)C(=O)O. The Balaban J connectivity index is 2.09. The maximum atomic E-state index is 13.1. The molecule has 25 heavy (non-hydrogen) atoms. The van der Waals surface area contributed by atoms with Gasteiger partial charge in [-0.05, 0) is 42.0 Å². The Morgan fingerprint density at radius 3 is 2.32 bits per heavy atom. The van der Waals surface area contributed by atoms with Crippen LogP contribution < -0.4 is 5.32 Å². The summed E-state index contributed by atoms with van der Waals surface area (Å²) in [6.45, 7) is 1.46. The lowest BCUT2D eigenvalue weighted by atomic mass is 10.1. The molecule has 0 saturated heterocycles. The van der Waals surface area contributed by atoms with Gasteiger partial charge in [0.05, 0.1) is 15.5 Å². The Labute approximate surface area is 145 Å². The molecule has 0 fully saturated rings.